The number of carbonyl (C=O) groups is 1. The molecule has 5 heterocycles. The third-order valence-corrected chi connectivity index (χ3v) is 7.83. The van der Waals surface area contributed by atoms with Crippen molar-refractivity contribution in [1.82, 2.24) is 29.7 Å². The number of nitrogens with two attached hydrogens (primary N) is 1. The number of nitrogens with zero attached hydrogens (tertiary/aromatic N) is 7. The molecule has 10 nitrogen and oxygen atoms in total. The molecule has 0 unspecified atom stereocenters. The number of anilines is 2. The zero-order valence-electron chi connectivity index (χ0n) is 20.3. The summed E-state index contributed by atoms with van der Waals surface area (Å²) >= 11 is 1.65. The van der Waals surface area contributed by atoms with Gasteiger partial charge in [-0.15, -0.1) is 11.3 Å². The third kappa shape index (κ3) is 4.93. The Hall–Kier alpha value is -2.89. The molecule has 0 aromatic carbocycles. The highest BCUT2D eigenvalue weighted by molar-refractivity contribution is 7.17. The summed E-state index contributed by atoms with van der Waals surface area (Å²) < 4.78 is 1.03. The Labute approximate surface area is 208 Å². The van der Waals surface area contributed by atoms with Gasteiger partial charge in [-0.05, 0) is 38.5 Å². The number of thiophene rings is 1. The van der Waals surface area contributed by atoms with E-state index in [4.69, 9.17) is 15.7 Å². The van der Waals surface area contributed by atoms with E-state index in [0.29, 0.717) is 13.1 Å². The fourth-order valence-corrected chi connectivity index (χ4v) is 5.83. The molecule has 2 fully saturated rings. The number of aliphatic hydroxyl groups is 1. The number of fused-ring (bicyclic) bond motifs is 1. The summed E-state index contributed by atoms with van der Waals surface area (Å²) in [5.41, 5.74) is 10.5. The minimum Gasteiger partial charge on any atom is -0.384 e. The van der Waals surface area contributed by atoms with Gasteiger partial charge >= 0.3 is 0 Å². The Bertz CT molecular complexity index is 1220. The van der Waals surface area contributed by atoms with Gasteiger partial charge in [-0.2, -0.15) is 0 Å². The molecule has 1 amide bonds. The second kappa shape index (κ2) is 10.00. The molecule has 186 valence electrons. The smallest absolute Gasteiger partial charge is 0.251 e. The average molecular weight is 497 g/mol. The van der Waals surface area contributed by atoms with Crippen molar-refractivity contribution in [1.29, 1.82) is 0 Å². The molecule has 0 aliphatic carbocycles. The molecule has 0 saturated carbocycles. The number of aromatic nitrogens is 4. The van der Waals surface area contributed by atoms with Crippen molar-refractivity contribution in [3.8, 4) is 11.3 Å². The molecule has 2 aliphatic heterocycles. The molecule has 2 aliphatic rings. The molecular weight excluding hydrogens is 464 g/mol. The second-order valence-corrected chi connectivity index (χ2v) is 10.2. The van der Waals surface area contributed by atoms with E-state index in [1.54, 1.807) is 22.4 Å². The van der Waals surface area contributed by atoms with E-state index in [9.17, 15) is 9.90 Å². The van der Waals surface area contributed by atoms with Gasteiger partial charge in [-0.3, -0.25) is 9.69 Å². The molecule has 3 aromatic heterocycles. The highest BCUT2D eigenvalue weighted by atomic mass is 32.1. The average Bonchev–Trinajstić information content (AvgIpc) is 3.27. The number of hydrogen-bond donors (Lipinski definition) is 2. The Morgan fingerprint density at radius 2 is 1.86 bits per heavy atom. The van der Waals surface area contributed by atoms with Crippen LogP contribution in [0.4, 0.5) is 11.9 Å². The predicted octanol–water partition coefficient (Wildman–Crippen LogP) is 2.05. The summed E-state index contributed by atoms with van der Waals surface area (Å²) in [6, 6.07) is 0. The fourth-order valence-electron chi connectivity index (χ4n) is 4.83. The highest BCUT2D eigenvalue weighted by Gasteiger charge is 2.26. The Kier molecular flexibility index (Phi) is 6.81. The number of amides is 1. The first-order valence-corrected chi connectivity index (χ1v) is 13.1. The molecule has 3 aromatic rings. The molecule has 2 saturated heterocycles. The van der Waals surface area contributed by atoms with Gasteiger partial charge in [0.25, 0.3) is 5.91 Å². The van der Waals surface area contributed by atoms with Crippen LogP contribution in [0.25, 0.3) is 21.5 Å². The molecule has 1 atom stereocenters. The summed E-state index contributed by atoms with van der Waals surface area (Å²) in [6.07, 6.45) is 4.34. The summed E-state index contributed by atoms with van der Waals surface area (Å²) in [5, 5.41) is 11.8. The minimum atomic E-state index is -0.952. The van der Waals surface area contributed by atoms with Gasteiger partial charge in [-0.1, -0.05) is 0 Å². The lowest BCUT2D eigenvalue weighted by molar-refractivity contribution is -0.141. The minimum absolute atomic E-state index is 0.199. The van der Waals surface area contributed by atoms with E-state index >= 15 is 0 Å². The van der Waals surface area contributed by atoms with Crippen molar-refractivity contribution in [3.63, 3.8) is 0 Å². The highest BCUT2D eigenvalue weighted by Crippen LogP contribution is 2.36. The molecule has 0 bridgehead atoms. The third-order valence-electron chi connectivity index (χ3n) is 6.80. The molecule has 0 radical (unpaired) electrons. The van der Waals surface area contributed by atoms with Crippen LogP contribution in [0.3, 0.4) is 0 Å². The lowest BCUT2D eigenvalue weighted by Crippen LogP contribution is -2.50. The second-order valence-electron chi connectivity index (χ2n) is 9.36. The first-order chi connectivity index (χ1) is 16.9. The van der Waals surface area contributed by atoms with E-state index in [2.05, 4.69) is 25.1 Å². The SMILES string of the molecule is Cc1nc(N)ncc1-c1nc(N2CCCCC2)nc2c(CN3CCN(C(=O)[C@H](C)O)CC3)csc12. The Morgan fingerprint density at radius 1 is 1.11 bits per heavy atom. The fraction of sp³-hybridized carbons (Fsp3) is 0.542. The van der Waals surface area contributed by atoms with E-state index < -0.39 is 6.10 Å². The normalized spacial score (nSPS) is 18.3. The lowest BCUT2D eigenvalue weighted by atomic mass is 10.1. The van der Waals surface area contributed by atoms with Crippen LogP contribution in [0, 0.1) is 6.92 Å². The summed E-state index contributed by atoms with van der Waals surface area (Å²) in [6.45, 7) is 8.89. The molecule has 35 heavy (non-hydrogen) atoms. The maximum absolute atomic E-state index is 12.1. The monoisotopic (exact) mass is 496 g/mol. The van der Waals surface area contributed by atoms with Crippen LogP contribution in [0.5, 0.6) is 0 Å². The first kappa shape index (κ1) is 23.8. The van der Waals surface area contributed by atoms with Gasteiger partial charge in [0.1, 0.15) is 6.10 Å². The van der Waals surface area contributed by atoms with Gasteiger partial charge in [-0.25, -0.2) is 19.9 Å². The van der Waals surface area contributed by atoms with Gasteiger partial charge in [0.15, 0.2) is 0 Å². The van der Waals surface area contributed by atoms with Crippen LogP contribution in [-0.2, 0) is 11.3 Å². The number of piperazine rings is 1. The maximum Gasteiger partial charge on any atom is 0.251 e. The molecule has 0 spiro atoms. The number of nitrogen functional groups attached to an aromatic ring is 1. The van der Waals surface area contributed by atoms with E-state index in [1.807, 2.05) is 6.92 Å². The van der Waals surface area contributed by atoms with Crippen molar-refractivity contribution in [3.05, 3.63) is 22.8 Å². The Morgan fingerprint density at radius 3 is 2.54 bits per heavy atom. The summed E-state index contributed by atoms with van der Waals surface area (Å²) in [7, 11) is 0. The van der Waals surface area contributed by atoms with Gasteiger partial charge in [0.05, 0.1) is 21.6 Å². The van der Waals surface area contributed by atoms with E-state index in [0.717, 1.165) is 84.2 Å². The number of piperidine rings is 1. The van der Waals surface area contributed by atoms with Crippen molar-refractivity contribution >= 4 is 39.4 Å². The largest absolute Gasteiger partial charge is 0.384 e. The summed E-state index contributed by atoms with van der Waals surface area (Å²) in [5.74, 6) is 0.818. The standard InChI is InChI=1S/C24H32N8O2S/c1-15-18(12-26-23(25)27-15)20-21-19(28-24(29-20)32-6-4-3-5-7-32)17(14-35-21)13-30-8-10-31(11-9-30)22(34)16(2)33/h12,14,16,33H,3-11,13H2,1-2H3,(H2,25,26,27)/t16-/m0/s1. The van der Waals surface area contributed by atoms with E-state index in [-0.39, 0.29) is 11.9 Å². The zero-order chi connectivity index (χ0) is 24.5. The van der Waals surface area contributed by atoms with Crippen molar-refractivity contribution in [2.45, 2.75) is 45.8 Å². The quantitative estimate of drug-likeness (QED) is 0.546. The molecule has 3 N–H and O–H groups in total. The first-order valence-electron chi connectivity index (χ1n) is 12.2. The van der Waals surface area contributed by atoms with Gasteiger partial charge in [0.2, 0.25) is 11.9 Å². The van der Waals surface area contributed by atoms with Crippen LogP contribution in [-0.4, -0.2) is 86.1 Å². The molecule has 11 heteroatoms. The predicted molar refractivity (Wildman–Crippen MR) is 137 cm³/mol. The maximum atomic E-state index is 12.1. The van der Waals surface area contributed by atoms with Gasteiger partial charge in [0, 0.05) is 63.1 Å². The topological polar surface area (TPSA) is 125 Å². The number of aliphatic hydroxyl groups excluding tert-OH is 1. The van der Waals surface area contributed by atoms with Crippen LogP contribution < -0.4 is 10.6 Å². The van der Waals surface area contributed by atoms with E-state index in [1.165, 1.54) is 13.3 Å². The van der Waals surface area contributed by atoms with Gasteiger partial charge < -0.3 is 20.6 Å². The molecular formula is C24H32N8O2S. The van der Waals surface area contributed by atoms with Crippen LogP contribution in [0.2, 0.25) is 0 Å². The molecule has 5 rings (SSSR count). The van der Waals surface area contributed by atoms with Crippen LogP contribution in [0.15, 0.2) is 11.6 Å². The number of carbonyl (C=O) groups excluding carboxylic acids is 1. The van der Waals surface area contributed by atoms with Crippen LogP contribution >= 0.6 is 11.3 Å². The van der Waals surface area contributed by atoms with Crippen molar-refractivity contribution < 1.29 is 9.90 Å². The summed E-state index contributed by atoms with van der Waals surface area (Å²) in [4.78, 5) is 37.2. The van der Waals surface area contributed by atoms with Crippen LogP contribution in [0.1, 0.15) is 37.4 Å². The number of rotatable bonds is 5. The number of hydrogen-bond acceptors (Lipinski definition) is 10. The zero-order valence-corrected chi connectivity index (χ0v) is 21.1. The van der Waals surface area contributed by atoms with Crippen molar-refractivity contribution in [2.24, 2.45) is 0 Å². The van der Waals surface area contributed by atoms with Crippen molar-refractivity contribution in [2.75, 3.05) is 49.9 Å². The lowest BCUT2D eigenvalue weighted by Gasteiger charge is -2.35. The number of aryl methyl sites for hydroxylation is 1. The Balaban J connectivity index is 1.47.